The Bertz CT molecular complexity index is 2150. The van der Waals surface area contributed by atoms with Gasteiger partial charge in [0, 0.05) is 61.3 Å². The summed E-state index contributed by atoms with van der Waals surface area (Å²) in [6.45, 7) is 14.4. The molecule has 1 saturated heterocycles. The summed E-state index contributed by atoms with van der Waals surface area (Å²) in [4.78, 5) is 42.2. The first-order valence-corrected chi connectivity index (χ1v) is 20.5. The van der Waals surface area contributed by atoms with E-state index >= 15 is 0 Å². The van der Waals surface area contributed by atoms with Gasteiger partial charge >= 0.3 is 5.97 Å². The summed E-state index contributed by atoms with van der Waals surface area (Å²) < 4.78 is 21.6. The van der Waals surface area contributed by atoms with E-state index in [1.165, 1.54) is 28.7 Å². The number of thiazole rings is 2. The molecule has 2 aromatic heterocycles. The molecule has 0 radical (unpaired) electrons. The number of para-hydroxylation sites is 1. The van der Waals surface area contributed by atoms with Crippen molar-refractivity contribution in [1.82, 2.24) is 19.8 Å². The molecular formula is C42H47FN6O4S2. The number of aromatic nitrogens is 2. The number of aromatic carboxylic acids is 1. The van der Waals surface area contributed by atoms with Crippen molar-refractivity contribution in [3.8, 4) is 17.6 Å². The number of nitrogens with one attached hydrogen (secondary N) is 1. The van der Waals surface area contributed by atoms with Crippen LogP contribution in [-0.4, -0.2) is 88.7 Å². The Balaban J connectivity index is 0.00000253. The van der Waals surface area contributed by atoms with E-state index in [2.05, 4.69) is 50.8 Å². The fourth-order valence-electron chi connectivity index (χ4n) is 6.66. The molecule has 7 rings (SSSR count). The van der Waals surface area contributed by atoms with E-state index < -0.39 is 11.8 Å². The predicted molar refractivity (Wildman–Crippen MR) is 219 cm³/mol. The number of carbonyl (C=O) groups excluding carboxylic acids is 1. The van der Waals surface area contributed by atoms with E-state index in [-0.39, 0.29) is 24.0 Å². The minimum absolute atomic E-state index is 0.00794. The molecule has 288 valence electrons. The number of carboxylic acids is 1. The number of benzene rings is 3. The lowest BCUT2D eigenvalue weighted by atomic mass is 9.94. The van der Waals surface area contributed by atoms with Gasteiger partial charge in [-0.05, 0) is 80.6 Å². The van der Waals surface area contributed by atoms with Gasteiger partial charge in [0.2, 0.25) is 0 Å². The number of carbonyl (C=O) groups is 2. The van der Waals surface area contributed by atoms with E-state index in [9.17, 15) is 19.1 Å². The second-order valence-corrected chi connectivity index (χ2v) is 15.5. The molecule has 13 heteroatoms. The van der Waals surface area contributed by atoms with Crippen LogP contribution in [0.4, 0.5) is 14.7 Å². The molecule has 5 aromatic rings. The molecule has 2 aliphatic heterocycles. The number of carboxylic acid groups (broad SMARTS) is 1. The van der Waals surface area contributed by atoms with Crippen LogP contribution in [0.1, 0.15) is 76.5 Å². The zero-order chi connectivity index (χ0) is 38.9. The molecule has 3 aromatic carbocycles. The number of amides is 1. The van der Waals surface area contributed by atoms with Gasteiger partial charge in [0.15, 0.2) is 27.5 Å². The number of aryl methyl sites for hydroxylation is 1. The van der Waals surface area contributed by atoms with Crippen molar-refractivity contribution in [3.63, 3.8) is 0 Å². The highest BCUT2D eigenvalue weighted by atomic mass is 32.1. The highest BCUT2D eigenvalue weighted by Gasteiger charge is 2.27. The molecule has 0 bridgehead atoms. The Kier molecular flexibility index (Phi) is 13.5. The fourth-order valence-corrected chi connectivity index (χ4v) is 8.64. The third-order valence-corrected chi connectivity index (χ3v) is 11.7. The maximum Gasteiger partial charge on any atom is 0.355 e. The molecule has 0 unspecified atom stereocenters. The average molecular weight is 783 g/mol. The number of nitrogens with zero attached hydrogens (tertiary/aromatic N) is 5. The molecule has 55 heavy (non-hydrogen) atoms. The Morgan fingerprint density at radius 3 is 2.55 bits per heavy atom. The van der Waals surface area contributed by atoms with Crippen molar-refractivity contribution in [3.05, 3.63) is 99.3 Å². The lowest BCUT2D eigenvalue weighted by Gasteiger charge is -2.36. The first-order valence-electron chi connectivity index (χ1n) is 18.8. The topological polar surface area (TPSA) is 111 Å². The summed E-state index contributed by atoms with van der Waals surface area (Å²) in [5.74, 6) is 4.56. The van der Waals surface area contributed by atoms with E-state index in [1.807, 2.05) is 61.2 Å². The lowest BCUT2D eigenvalue weighted by Crippen LogP contribution is -2.48. The largest absolute Gasteiger partial charge is 0.491 e. The molecule has 2 aliphatic rings. The van der Waals surface area contributed by atoms with Crippen LogP contribution in [0.15, 0.2) is 60.7 Å². The van der Waals surface area contributed by atoms with Crippen molar-refractivity contribution in [2.24, 2.45) is 0 Å². The summed E-state index contributed by atoms with van der Waals surface area (Å²) in [5, 5.41) is 14.1. The third kappa shape index (κ3) is 9.87. The summed E-state index contributed by atoms with van der Waals surface area (Å²) in [6, 6.07) is 18.8. The van der Waals surface area contributed by atoms with Gasteiger partial charge in [-0.1, -0.05) is 61.3 Å². The molecular weight excluding hydrogens is 736 g/mol. The maximum atomic E-state index is 14.9. The molecule has 10 nitrogen and oxygen atoms in total. The van der Waals surface area contributed by atoms with E-state index in [0.717, 1.165) is 47.5 Å². The van der Waals surface area contributed by atoms with Crippen LogP contribution in [0.5, 0.6) is 5.75 Å². The van der Waals surface area contributed by atoms with Gasteiger partial charge in [-0.25, -0.2) is 19.2 Å². The molecule has 0 aliphatic carbocycles. The Morgan fingerprint density at radius 1 is 1.00 bits per heavy atom. The Labute approximate surface area is 330 Å². The van der Waals surface area contributed by atoms with Crippen LogP contribution in [0.2, 0.25) is 0 Å². The Morgan fingerprint density at radius 2 is 1.80 bits per heavy atom. The van der Waals surface area contributed by atoms with Crippen LogP contribution >= 0.6 is 22.7 Å². The number of hydrogen-bond acceptors (Lipinski definition) is 10. The summed E-state index contributed by atoms with van der Waals surface area (Å²) in [6.07, 6.45) is 1.58. The fraction of sp³-hybridized carbons (Fsp3) is 0.381. The van der Waals surface area contributed by atoms with Gasteiger partial charge in [-0.3, -0.25) is 19.9 Å². The van der Waals surface area contributed by atoms with Crippen LogP contribution in [-0.2, 0) is 19.4 Å². The Hall–Kier alpha value is -4.87. The first kappa shape index (κ1) is 39.8. The van der Waals surface area contributed by atoms with Crippen LogP contribution in [0, 0.1) is 17.7 Å². The molecule has 0 spiro atoms. The van der Waals surface area contributed by atoms with Gasteiger partial charge < -0.3 is 14.7 Å². The van der Waals surface area contributed by atoms with Gasteiger partial charge in [0.25, 0.3) is 5.91 Å². The first-order chi connectivity index (χ1) is 26.7. The zero-order valence-electron chi connectivity index (χ0n) is 31.7. The predicted octanol–water partition coefficient (Wildman–Crippen LogP) is 7.82. The number of piperazine rings is 1. The van der Waals surface area contributed by atoms with Crippen LogP contribution in [0.25, 0.3) is 10.2 Å². The molecule has 1 fully saturated rings. The minimum Gasteiger partial charge on any atom is -0.491 e. The van der Waals surface area contributed by atoms with Crippen molar-refractivity contribution in [2.75, 3.05) is 56.1 Å². The summed E-state index contributed by atoms with van der Waals surface area (Å²) in [5.41, 5.74) is 3.96. The third-order valence-electron chi connectivity index (χ3n) is 9.60. The van der Waals surface area contributed by atoms with Crippen molar-refractivity contribution in [1.29, 1.82) is 0 Å². The van der Waals surface area contributed by atoms with Crippen LogP contribution < -0.4 is 15.0 Å². The quantitative estimate of drug-likeness (QED) is 0.102. The molecule has 0 atom stereocenters. The minimum atomic E-state index is -1.10. The number of halogens is 1. The highest BCUT2D eigenvalue weighted by molar-refractivity contribution is 7.22. The number of ether oxygens (including phenoxy) is 1. The number of fused-ring (bicyclic) bond motifs is 2. The standard InChI is InChI=1S/C40H41FN6O4S2.C2H6/c1-26(2)46-21-19-45(20-22-46)17-6-8-27-14-15-33(31(41)24-27)51-23-7-13-35-36(38(49)50)43-40(53-35)47-18-16-28-9-5-10-29(30(28)25-47)37(48)44-39-42-32-11-3-4-12-34(32)52-39;1-2/h3-5,9-12,14-15,24,26H,7,13,16-23,25H2,1-2H3,(H,49,50)(H,42,44,48);1-2H3. The van der Waals surface area contributed by atoms with Gasteiger partial charge in [0.05, 0.1) is 23.4 Å². The van der Waals surface area contributed by atoms with Crippen molar-refractivity contribution >= 4 is 55.0 Å². The lowest BCUT2D eigenvalue weighted by molar-refractivity contribution is 0.0690. The summed E-state index contributed by atoms with van der Waals surface area (Å²) >= 11 is 2.76. The number of hydrogen-bond donors (Lipinski definition) is 2. The van der Waals surface area contributed by atoms with E-state index in [0.29, 0.717) is 71.2 Å². The smallest absolute Gasteiger partial charge is 0.355 e. The van der Waals surface area contributed by atoms with Crippen molar-refractivity contribution in [2.45, 2.75) is 59.5 Å². The normalized spacial score (nSPS) is 14.5. The van der Waals surface area contributed by atoms with Gasteiger partial charge in [-0.15, -0.1) is 11.3 Å². The van der Waals surface area contributed by atoms with Crippen LogP contribution in [0.3, 0.4) is 0 Å². The second kappa shape index (κ2) is 18.6. The number of rotatable bonds is 11. The van der Waals surface area contributed by atoms with E-state index in [4.69, 9.17) is 4.74 Å². The molecule has 4 heterocycles. The SMILES string of the molecule is CC.CC(C)N1CCN(CC#Cc2ccc(OCCCc3sc(N4CCc5cccc(C(=O)Nc6nc7ccccc7s6)c5C4)nc3C(=O)O)c(F)c2)CC1. The van der Waals surface area contributed by atoms with E-state index in [1.54, 1.807) is 12.1 Å². The summed E-state index contributed by atoms with van der Waals surface area (Å²) in [7, 11) is 0. The average Bonchev–Trinajstić information content (AvgIpc) is 3.82. The highest BCUT2D eigenvalue weighted by Crippen LogP contribution is 2.33. The molecule has 0 saturated carbocycles. The van der Waals surface area contributed by atoms with Gasteiger partial charge in [0.1, 0.15) is 0 Å². The van der Waals surface area contributed by atoms with Gasteiger partial charge in [-0.2, -0.15) is 0 Å². The molecule has 1 amide bonds. The maximum absolute atomic E-state index is 14.9. The number of anilines is 2. The van der Waals surface area contributed by atoms with Crippen molar-refractivity contribution < 1.29 is 23.8 Å². The zero-order valence-corrected chi connectivity index (χ0v) is 33.4. The molecule has 2 N–H and O–H groups in total. The monoisotopic (exact) mass is 782 g/mol. The second-order valence-electron chi connectivity index (χ2n) is 13.4.